The van der Waals surface area contributed by atoms with Crippen molar-refractivity contribution in [2.24, 2.45) is 5.73 Å². The van der Waals surface area contributed by atoms with E-state index in [1.54, 1.807) is 0 Å². The van der Waals surface area contributed by atoms with Gasteiger partial charge in [-0.3, -0.25) is 4.79 Å². The molecule has 3 N–H and O–H groups in total. The number of thiocarbonyl (C=S) groups is 1. The van der Waals surface area contributed by atoms with Gasteiger partial charge in [-0.15, -0.1) is 0 Å². The standard InChI is InChI=1S/C13H15IN2OS/c14-10-6-2-1-5-9(10)11(17)16-13(12(15)18)7-3-4-8-13/h1-2,5-6H,3-4,7-8H2,(H2,15,18)(H,16,17). The fourth-order valence-electron chi connectivity index (χ4n) is 2.34. The highest BCUT2D eigenvalue weighted by Crippen LogP contribution is 2.30. The molecule has 1 fully saturated rings. The molecule has 1 amide bonds. The summed E-state index contributed by atoms with van der Waals surface area (Å²) < 4.78 is 0.934. The highest BCUT2D eigenvalue weighted by Gasteiger charge is 2.38. The van der Waals surface area contributed by atoms with Crippen LogP contribution < -0.4 is 11.1 Å². The van der Waals surface area contributed by atoms with Crippen LogP contribution in [0, 0.1) is 3.57 Å². The van der Waals surface area contributed by atoms with Gasteiger partial charge in [-0.05, 0) is 47.6 Å². The Labute approximate surface area is 126 Å². The minimum Gasteiger partial charge on any atom is -0.391 e. The number of halogens is 1. The smallest absolute Gasteiger partial charge is 0.253 e. The van der Waals surface area contributed by atoms with Crippen LogP contribution in [0.4, 0.5) is 0 Å². The van der Waals surface area contributed by atoms with Crippen molar-refractivity contribution in [3.05, 3.63) is 33.4 Å². The van der Waals surface area contributed by atoms with Crippen LogP contribution in [-0.2, 0) is 0 Å². The van der Waals surface area contributed by atoms with E-state index in [-0.39, 0.29) is 5.91 Å². The second-order valence-corrected chi connectivity index (χ2v) is 6.19. The zero-order valence-corrected chi connectivity index (χ0v) is 12.9. The van der Waals surface area contributed by atoms with Gasteiger partial charge >= 0.3 is 0 Å². The zero-order chi connectivity index (χ0) is 13.2. The first-order valence-electron chi connectivity index (χ1n) is 5.92. The Morgan fingerprint density at radius 3 is 2.50 bits per heavy atom. The number of hydrogen-bond donors (Lipinski definition) is 2. The number of nitrogens with two attached hydrogens (primary N) is 1. The maximum Gasteiger partial charge on any atom is 0.253 e. The van der Waals surface area contributed by atoms with Crippen LogP contribution in [-0.4, -0.2) is 16.4 Å². The van der Waals surface area contributed by atoms with Crippen LogP contribution >= 0.6 is 34.8 Å². The number of benzene rings is 1. The molecule has 0 bridgehead atoms. The predicted octanol–water partition coefficient (Wildman–Crippen LogP) is 2.62. The van der Waals surface area contributed by atoms with E-state index in [2.05, 4.69) is 27.9 Å². The average molecular weight is 374 g/mol. The minimum atomic E-state index is -0.481. The molecule has 1 aliphatic carbocycles. The number of rotatable bonds is 3. The molecular formula is C13H15IN2OS. The zero-order valence-electron chi connectivity index (χ0n) is 9.91. The average Bonchev–Trinajstić information content (AvgIpc) is 2.79. The molecule has 1 aromatic carbocycles. The van der Waals surface area contributed by atoms with Gasteiger partial charge in [0, 0.05) is 3.57 Å². The number of hydrogen-bond acceptors (Lipinski definition) is 2. The molecule has 0 aliphatic heterocycles. The number of carbonyl (C=O) groups is 1. The summed E-state index contributed by atoms with van der Waals surface area (Å²) in [6, 6.07) is 7.51. The lowest BCUT2D eigenvalue weighted by molar-refractivity contribution is 0.0923. The molecule has 0 unspecified atom stereocenters. The minimum absolute atomic E-state index is 0.0882. The maximum atomic E-state index is 12.3. The lowest BCUT2D eigenvalue weighted by atomic mass is 9.97. The van der Waals surface area contributed by atoms with Gasteiger partial charge in [-0.2, -0.15) is 0 Å². The molecule has 18 heavy (non-hydrogen) atoms. The third kappa shape index (κ3) is 2.66. The second-order valence-electron chi connectivity index (χ2n) is 4.59. The topological polar surface area (TPSA) is 55.1 Å². The van der Waals surface area contributed by atoms with E-state index in [4.69, 9.17) is 18.0 Å². The largest absolute Gasteiger partial charge is 0.391 e. The molecule has 0 spiro atoms. The monoisotopic (exact) mass is 374 g/mol. The number of carbonyl (C=O) groups excluding carboxylic acids is 1. The molecule has 0 radical (unpaired) electrons. The molecule has 0 heterocycles. The summed E-state index contributed by atoms with van der Waals surface area (Å²) in [7, 11) is 0. The molecule has 3 nitrogen and oxygen atoms in total. The van der Waals surface area contributed by atoms with Gasteiger partial charge in [0.1, 0.15) is 0 Å². The first kappa shape index (κ1) is 13.7. The van der Waals surface area contributed by atoms with E-state index >= 15 is 0 Å². The van der Waals surface area contributed by atoms with Gasteiger partial charge in [0.15, 0.2) is 0 Å². The summed E-state index contributed by atoms with van der Waals surface area (Å²) in [6.45, 7) is 0. The summed E-state index contributed by atoms with van der Waals surface area (Å²) in [4.78, 5) is 12.7. The predicted molar refractivity (Wildman–Crippen MR) is 84.6 cm³/mol. The summed E-state index contributed by atoms with van der Waals surface area (Å²) in [5, 5.41) is 3.04. The first-order valence-corrected chi connectivity index (χ1v) is 7.41. The Kier molecular flexibility index (Phi) is 4.21. The van der Waals surface area contributed by atoms with Crippen LogP contribution in [0.15, 0.2) is 24.3 Å². The number of nitrogens with one attached hydrogen (secondary N) is 1. The van der Waals surface area contributed by atoms with Crippen molar-refractivity contribution in [1.29, 1.82) is 0 Å². The molecule has 96 valence electrons. The van der Waals surface area contributed by atoms with Crippen molar-refractivity contribution < 1.29 is 4.79 Å². The van der Waals surface area contributed by atoms with Crippen LogP contribution in [0.5, 0.6) is 0 Å². The highest BCUT2D eigenvalue weighted by atomic mass is 127. The van der Waals surface area contributed by atoms with Gasteiger partial charge in [-0.1, -0.05) is 37.2 Å². The van der Waals surface area contributed by atoms with Crippen LogP contribution in [0.25, 0.3) is 0 Å². The van der Waals surface area contributed by atoms with Crippen molar-refractivity contribution in [2.45, 2.75) is 31.2 Å². The summed E-state index contributed by atoms with van der Waals surface area (Å²) >= 11 is 7.29. The van der Waals surface area contributed by atoms with Crippen LogP contribution in [0.2, 0.25) is 0 Å². The molecule has 0 saturated heterocycles. The van der Waals surface area contributed by atoms with E-state index in [0.29, 0.717) is 10.6 Å². The Bertz CT molecular complexity index is 484. The Balaban J connectivity index is 2.21. The number of amides is 1. The van der Waals surface area contributed by atoms with Gasteiger partial charge in [0.2, 0.25) is 0 Å². The summed E-state index contributed by atoms with van der Waals surface area (Å²) in [6.07, 6.45) is 3.81. The lowest BCUT2D eigenvalue weighted by Crippen LogP contribution is -2.54. The van der Waals surface area contributed by atoms with Gasteiger partial charge in [0.05, 0.1) is 16.1 Å². The van der Waals surface area contributed by atoms with Crippen LogP contribution in [0.1, 0.15) is 36.0 Å². The van der Waals surface area contributed by atoms with Crippen LogP contribution in [0.3, 0.4) is 0 Å². The second kappa shape index (κ2) is 5.52. The summed E-state index contributed by atoms with van der Waals surface area (Å²) in [5.41, 5.74) is 6.01. The third-order valence-corrected chi connectivity index (χ3v) is 4.73. The van der Waals surface area contributed by atoms with Crippen molar-refractivity contribution in [2.75, 3.05) is 0 Å². The van der Waals surface area contributed by atoms with E-state index < -0.39 is 5.54 Å². The van der Waals surface area contributed by atoms with Crippen molar-refractivity contribution in [1.82, 2.24) is 5.32 Å². The van der Waals surface area contributed by atoms with E-state index in [1.807, 2.05) is 24.3 Å². The molecule has 2 rings (SSSR count). The third-order valence-electron chi connectivity index (χ3n) is 3.40. The Morgan fingerprint density at radius 1 is 1.33 bits per heavy atom. The van der Waals surface area contributed by atoms with Crippen molar-refractivity contribution >= 4 is 45.7 Å². The molecular weight excluding hydrogens is 359 g/mol. The van der Waals surface area contributed by atoms with Crippen molar-refractivity contribution in [3.8, 4) is 0 Å². The molecule has 5 heteroatoms. The van der Waals surface area contributed by atoms with Crippen molar-refractivity contribution in [3.63, 3.8) is 0 Å². The first-order chi connectivity index (χ1) is 8.55. The van der Waals surface area contributed by atoms with E-state index in [1.165, 1.54) is 0 Å². The normalized spacial score (nSPS) is 17.4. The molecule has 0 atom stereocenters. The van der Waals surface area contributed by atoms with Gasteiger partial charge < -0.3 is 11.1 Å². The fraction of sp³-hybridized carbons (Fsp3) is 0.385. The highest BCUT2D eigenvalue weighted by molar-refractivity contribution is 14.1. The molecule has 1 aliphatic rings. The Hall–Kier alpha value is -0.690. The van der Waals surface area contributed by atoms with E-state index in [0.717, 1.165) is 29.3 Å². The van der Waals surface area contributed by atoms with Gasteiger partial charge in [-0.25, -0.2) is 0 Å². The Morgan fingerprint density at radius 2 is 1.94 bits per heavy atom. The molecule has 0 aromatic heterocycles. The fourth-order valence-corrected chi connectivity index (χ4v) is 3.23. The maximum absolute atomic E-state index is 12.3. The van der Waals surface area contributed by atoms with E-state index in [9.17, 15) is 4.79 Å². The lowest BCUT2D eigenvalue weighted by Gasteiger charge is -2.29. The van der Waals surface area contributed by atoms with Gasteiger partial charge in [0.25, 0.3) is 5.91 Å². The quantitative estimate of drug-likeness (QED) is 0.632. The summed E-state index contributed by atoms with van der Waals surface area (Å²) in [5.74, 6) is -0.0882. The molecule has 1 saturated carbocycles. The SMILES string of the molecule is NC(=S)C1(NC(=O)c2ccccc2I)CCCC1. The molecule has 1 aromatic rings.